The number of hydrogen-bond acceptors (Lipinski definition) is 5. The second-order valence-electron chi connectivity index (χ2n) is 7.12. The van der Waals surface area contributed by atoms with Crippen molar-refractivity contribution in [3.8, 4) is 16.3 Å². The molecule has 4 aromatic rings. The fourth-order valence-electron chi connectivity index (χ4n) is 3.09. The zero-order valence-corrected chi connectivity index (χ0v) is 17.8. The minimum Gasteiger partial charge on any atom is -0.491 e. The van der Waals surface area contributed by atoms with E-state index in [9.17, 15) is 4.79 Å². The van der Waals surface area contributed by atoms with Gasteiger partial charge in [-0.15, -0.1) is 11.3 Å². The van der Waals surface area contributed by atoms with E-state index in [-0.39, 0.29) is 5.91 Å². The molecule has 0 aliphatic carbocycles. The van der Waals surface area contributed by atoms with Crippen molar-refractivity contribution in [3.63, 3.8) is 0 Å². The largest absolute Gasteiger partial charge is 0.491 e. The first kappa shape index (κ1) is 19.9. The summed E-state index contributed by atoms with van der Waals surface area (Å²) in [5, 5.41) is 3.87. The first-order valence-corrected chi connectivity index (χ1v) is 10.7. The number of aromatic nitrogens is 1. The van der Waals surface area contributed by atoms with Gasteiger partial charge in [0.05, 0.1) is 22.5 Å². The first-order valence-electron chi connectivity index (χ1n) is 9.85. The van der Waals surface area contributed by atoms with Crippen LogP contribution >= 0.6 is 11.3 Å². The van der Waals surface area contributed by atoms with Crippen molar-refractivity contribution in [1.82, 2.24) is 4.98 Å². The lowest BCUT2D eigenvalue weighted by Crippen LogP contribution is -2.12. The summed E-state index contributed by atoms with van der Waals surface area (Å²) in [6.45, 7) is 4.70. The number of carbonyl (C=O) groups excluding carboxylic acids is 1. The highest BCUT2D eigenvalue weighted by Gasteiger charge is 2.11. The summed E-state index contributed by atoms with van der Waals surface area (Å²) in [6.07, 6.45) is 0.897. The lowest BCUT2D eigenvalue weighted by atomic mass is 10.1. The Morgan fingerprint density at radius 2 is 1.90 bits per heavy atom. The van der Waals surface area contributed by atoms with E-state index in [2.05, 4.69) is 24.4 Å². The second kappa shape index (κ2) is 8.55. The molecule has 3 N–H and O–H groups in total. The molecule has 1 aromatic heterocycles. The highest BCUT2D eigenvalue weighted by Crippen LogP contribution is 2.31. The predicted molar refractivity (Wildman–Crippen MR) is 124 cm³/mol. The molecule has 6 heteroatoms. The number of nitrogen functional groups attached to an aromatic ring is 1. The summed E-state index contributed by atoms with van der Waals surface area (Å²) in [4.78, 5) is 17.3. The fourth-order valence-corrected chi connectivity index (χ4v) is 4.16. The molecule has 0 spiro atoms. The third-order valence-corrected chi connectivity index (χ3v) is 5.73. The van der Waals surface area contributed by atoms with Crippen LogP contribution in [-0.4, -0.2) is 17.5 Å². The quantitative estimate of drug-likeness (QED) is 0.383. The average Bonchev–Trinajstić information content (AvgIpc) is 3.16. The molecule has 0 radical (unpaired) electrons. The van der Waals surface area contributed by atoms with E-state index < -0.39 is 0 Å². The number of ether oxygens (including phenoxy) is 1. The molecule has 0 saturated carbocycles. The number of amides is 1. The van der Waals surface area contributed by atoms with Gasteiger partial charge in [-0.1, -0.05) is 13.0 Å². The highest BCUT2D eigenvalue weighted by molar-refractivity contribution is 7.21. The number of rotatable bonds is 6. The van der Waals surface area contributed by atoms with Gasteiger partial charge in [-0.05, 0) is 73.5 Å². The van der Waals surface area contributed by atoms with Gasteiger partial charge in [0.2, 0.25) is 0 Å². The predicted octanol–water partition coefficient (Wildman–Crippen LogP) is 5.90. The van der Waals surface area contributed by atoms with Crippen LogP contribution in [0.3, 0.4) is 0 Å². The van der Waals surface area contributed by atoms with Crippen molar-refractivity contribution in [1.29, 1.82) is 0 Å². The van der Waals surface area contributed by atoms with Gasteiger partial charge >= 0.3 is 0 Å². The Balaban J connectivity index is 1.47. The number of hydrogen-bond donors (Lipinski definition) is 2. The zero-order valence-electron chi connectivity index (χ0n) is 16.9. The number of carbonyl (C=O) groups is 1. The summed E-state index contributed by atoms with van der Waals surface area (Å²) in [6, 6.07) is 19.0. The van der Waals surface area contributed by atoms with E-state index >= 15 is 0 Å². The fraction of sp³-hybridized carbons (Fsp3) is 0.167. The third-order valence-electron chi connectivity index (χ3n) is 4.67. The Kier molecular flexibility index (Phi) is 5.68. The van der Waals surface area contributed by atoms with Crippen LogP contribution in [0.2, 0.25) is 0 Å². The SMILES string of the molecule is CCCOc1ccc(C(=O)Nc2ccc(-c3nc4ccc(C)cc4s3)cc2)cc1N. The van der Waals surface area contributed by atoms with E-state index in [4.69, 9.17) is 15.5 Å². The number of thiazole rings is 1. The molecule has 152 valence electrons. The molecular formula is C24H23N3O2S. The van der Waals surface area contributed by atoms with Crippen LogP contribution in [0.4, 0.5) is 11.4 Å². The van der Waals surface area contributed by atoms with Crippen LogP contribution in [0.5, 0.6) is 5.75 Å². The average molecular weight is 418 g/mol. The number of nitrogens with zero attached hydrogens (tertiary/aromatic N) is 1. The number of nitrogens with one attached hydrogen (secondary N) is 1. The Morgan fingerprint density at radius 3 is 2.63 bits per heavy atom. The van der Waals surface area contributed by atoms with Gasteiger partial charge in [-0.25, -0.2) is 4.98 Å². The van der Waals surface area contributed by atoms with Crippen LogP contribution in [0.1, 0.15) is 29.3 Å². The van der Waals surface area contributed by atoms with E-state index in [0.29, 0.717) is 29.3 Å². The van der Waals surface area contributed by atoms with Gasteiger partial charge in [-0.3, -0.25) is 4.79 Å². The molecule has 1 heterocycles. The first-order chi connectivity index (χ1) is 14.5. The number of fused-ring (bicyclic) bond motifs is 1. The minimum atomic E-state index is -0.216. The summed E-state index contributed by atoms with van der Waals surface area (Å²) >= 11 is 1.67. The van der Waals surface area contributed by atoms with Gasteiger partial charge in [-0.2, -0.15) is 0 Å². The maximum Gasteiger partial charge on any atom is 0.255 e. The van der Waals surface area contributed by atoms with Gasteiger partial charge in [0.15, 0.2) is 0 Å². The lowest BCUT2D eigenvalue weighted by molar-refractivity contribution is 0.102. The van der Waals surface area contributed by atoms with Crippen molar-refractivity contribution in [2.75, 3.05) is 17.7 Å². The molecule has 0 saturated heterocycles. The Morgan fingerprint density at radius 1 is 1.10 bits per heavy atom. The molecule has 30 heavy (non-hydrogen) atoms. The maximum absolute atomic E-state index is 12.6. The maximum atomic E-state index is 12.6. The normalized spacial score (nSPS) is 10.9. The van der Waals surface area contributed by atoms with Crippen LogP contribution < -0.4 is 15.8 Å². The molecule has 0 atom stereocenters. The molecule has 4 rings (SSSR count). The van der Waals surface area contributed by atoms with Crippen molar-refractivity contribution >= 4 is 38.8 Å². The summed E-state index contributed by atoms with van der Waals surface area (Å²) in [5.41, 5.74) is 10.9. The molecule has 3 aromatic carbocycles. The van der Waals surface area contributed by atoms with E-state index in [1.165, 1.54) is 10.3 Å². The molecular weight excluding hydrogens is 394 g/mol. The molecule has 1 amide bonds. The molecule has 0 bridgehead atoms. The minimum absolute atomic E-state index is 0.216. The molecule has 0 fully saturated rings. The second-order valence-corrected chi connectivity index (χ2v) is 8.15. The topological polar surface area (TPSA) is 77.2 Å². The number of nitrogens with two attached hydrogens (primary N) is 1. The standard InChI is InChI=1S/C24H23N3O2S/c1-3-12-29-21-11-7-17(14-19(21)25)23(28)26-18-8-5-16(6-9-18)24-27-20-10-4-15(2)13-22(20)30-24/h4-11,13-14H,3,12,25H2,1-2H3,(H,26,28). The number of aryl methyl sites for hydroxylation is 1. The van der Waals surface area contributed by atoms with Gasteiger partial charge in [0.25, 0.3) is 5.91 Å². The zero-order chi connectivity index (χ0) is 21.1. The van der Waals surface area contributed by atoms with Gasteiger partial charge < -0.3 is 15.8 Å². The Hall–Kier alpha value is -3.38. The third kappa shape index (κ3) is 4.28. The van der Waals surface area contributed by atoms with Crippen LogP contribution in [0, 0.1) is 6.92 Å². The number of benzene rings is 3. The van der Waals surface area contributed by atoms with Crippen molar-refractivity contribution < 1.29 is 9.53 Å². The lowest BCUT2D eigenvalue weighted by Gasteiger charge is -2.10. The molecule has 0 aliphatic rings. The monoisotopic (exact) mass is 417 g/mol. The highest BCUT2D eigenvalue weighted by atomic mass is 32.1. The van der Waals surface area contributed by atoms with Crippen LogP contribution in [-0.2, 0) is 0 Å². The van der Waals surface area contributed by atoms with E-state index in [1.807, 2.05) is 37.3 Å². The summed E-state index contributed by atoms with van der Waals surface area (Å²) < 4.78 is 6.73. The van der Waals surface area contributed by atoms with Crippen molar-refractivity contribution in [2.24, 2.45) is 0 Å². The van der Waals surface area contributed by atoms with Crippen LogP contribution in [0.25, 0.3) is 20.8 Å². The Bertz CT molecular complexity index is 1200. The molecule has 0 aliphatic heterocycles. The Labute approximate surface area is 179 Å². The molecule has 5 nitrogen and oxygen atoms in total. The smallest absolute Gasteiger partial charge is 0.255 e. The number of anilines is 2. The van der Waals surface area contributed by atoms with Crippen molar-refractivity contribution in [2.45, 2.75) is 20.3 Å². The summed E-state index contributed by atoms with van der Waals surface area (Å²) in [5.74, 6) is 0.385. The van der Waals surface area contributed by atoms with E-state index in [0.717, 1.165) is 22.5 Å². The van der Waals surface area contributed by atoms with Gasteiger partial charge in [0.1, 0.15) is 10.8 Å². The summed E-state index contributed by atoms with van der Waals surface area (Å²) in [7, 11) is 0. The van der Waals surface area contributed by atoms with E-state index in [1.54, 1.807) is 29.5 Å². The van der Waals surface area contributed by atoms with Crippen molar-refractivity contribution in [3.05, 3.63) is 71.8 Å². The van der Waals surface area contributed by atoms with Gasteiger partial charge in [0, 0.05) is 16.8 Å². The van der Waals surface area contributed by atoms with Crippen LogP contribution in [0.15, 0.2) is 60.7 Å². The molecule has 0 unspecified atom stereocenters.